The standard InChI is InChI=1S/C13H12N2O/c1-15-10-14-12(13(15)9-16)8-7-11-5-3-2-4-6-11/h2-10H,1H3/b8-7+. The van der Waals surface area contributed by atoms with Crippen LogP contribution in [-0.2, 0) is 7.05 Å². The lowest BCUT2D eigenvalue weighted by Gasteiger charge is -1.93. The number of carbonyl (C=O) groups is 1. The fraction of sp³-hybridized carbons (Fsp3) is 0.0769. The lowest BCUT2D eigenvalue weighted by atomic mass is 10.2. The quantitative estimate of drug-likeness (QED) is 0.732. The highest BCUT2D eigenvalue weighted by molar-refractivity contribution is 5.81. The first-order valence-electron chi connectivity index (χ1n) is 5.01. The second-order valence-electron chi connectivity index (χ2n) is 3.49. The summed E-state index contributed by atoms with van der Waals surface area (Å²) in [4.78, 5) is 15.0. The molecule has 0 fully saturated rings. The topological polar surface area (TPSA) is 34.9 Å². The van der Waals surface area contributed by atoms with Gasteiger partial charge in [0.15, 0.2) is 6.29 Å². The van der Waals surface area contributed by atoms with E-state index in [1.807, 2.05) is 42.5 Å². The number of hydrogen-bond acceptors (Lipinski definition) is 2. The molecular formula is C13H12N2O. The zero-order valence-electron chi connectivity index (χ0n) is 9.00. The molecular weight excluding hydrogens is 200 g/mol. The van der Waals surface area contributed by atoms with Crippen LogP contribution in [0.3, 0.4) is 0 Å². The monoisotopic (exact) mass is 212 g/mol. The number of benzene rings is 1. The lowest BCUT2D eigenvalue weighted by Crippen LogP contribution is -1.93. The predicted molar refractivity (Wildman–Crippen MR) is 64.0 cm³/mol. The minimum atomic E-state index is 0.590. The average Bonchev–Trinajstić information content (AvgIpc) is 2.68. The Kier molecular flexibility index (Phi) is 2.96. The lowest BCUT2D eigenvalue weighted by molar-refractivity contribution is 0.111. The second-order valence-corrected chi connectivity index (χ2v) is 3.49. The summed E-state index contributed by atoms with van der Waals surface area (Å²) in [7, 11) is 1.80. The van der Waals surface area contributed by atoms with Crippen molar-refractivity contribution < 1.29 is 4.79 Å². The molecule has 0 spiro atoms. The Bertz CT molecular complexity index is 512. The molecule has 0 aliphatic heterocycles. The molecule has 0 aliphatic carbocycles. The highest BCUT2D eigenvalue weighted by atomic mass is 16.1. The van der Waals surface area contributed by atoms with E-state index in [-0.39, 0.29) is 0 Å². The minimum Gasteiger partial charge on any atom is -0.331 e. The van der Waals surface area contributed by atoms with Gasteiger partial charge in [-0.05, 0) is 11.6 Å². The van der Waals surface area contributed by atoms with Crippen LogP contribution < -0.4 is 0 Å². The Morgan fingerprint density at radius 3 is 2.62 bits per heavy atom. The first-order chi connectivity index (χ1) is 7.81. The van der Waals surface area contributed by atoms with Crippen molar-refractivity contribution in [3.05, 3.63) is 53.6 Å². The first kappa shape index (κ1) is 10.4. The van der Waals surface area contributed by atoms with Gasteiger partial charge >= 0.3 is 0 Å². The van der Waals surface area contributed by atoms with Crippen LogP contribution >= 0.6 is 0 Å². The Morgan fingerprint density at radius 1 is 1.19 bits per heavy atom. The molecule has 0 radical (unpaired) electrons. The maximum atomic E-state index is 10.8. The van der Waals surface area contributed by atoms with Crippen LogP contribution in [0.15, 0.2) is 36.7 Å². The number of aldehydes is 1. The van der Waals surface area contributed by atoms with Gasteiger partial charge in [0.25, 0.3) is 0 Å². The van der Waals surface area contributed by atoms with E-state index < -0.39 is 0 Å². The van der Waals surface area contributed by atoms with E-state index in [0.29, 0.717) is 11.4 Å². The largest absolute Gasteiger partial charge is 0.331 e. The molecule has 0 saturated heterocycles. The van der Waals surface area contributed by atoms with Crippen molar-refractivity contribution in [1.29, 1.82) is 0 Å². The first-order valence-corrected chi connectivity index (χ1v) is 5.01. The zero-order chi connectivity index (χ0) is 11.4. The molecule has 80 valence electrons. The average molecular weight is 212 g/mol. The summed E-state index contributed by atoms with van der Waals surface area (Å²) < 4.78 is 1.71. The van der Waals surface area contributed by atoms with Crippen LogP contribution in [0.2, 0.25) is 0 Å². The molecule has 16 heavy (non-hydrogen) atoms. The fourth-order valence-electron chi connectivity index (χ4n) is 1.47. The number of rotatable bonds is 3. The van der Waals surface area contributed by atoms with Gasteiger partial charge in [0.1, 0.15) is 5.69 Å². The normalized spacial score (nSPS) is 10.8. The van der Waals surface area contributed by atoms with Gasteiger partial charge < -0.3 is 4.57 Å². The van der Waals surface area contributed by atoms with Gasteiger partial charge in [-0.25, -0.2) is 4.98 Å². The summed E-state index contributed by atoms with van der Waals surface area (Å²) in [6, 6.07) is 9.91. The molecule has 2 aromatic rings. The van der Waals surface area contributed by atoms with E-state index in [1.54, 1.807) is 17.9 Å². The van der Waals surface area contributed by atoms with Crippen molar-refractivity contribution >= 4 is 18.4 Å². The third-order valence-electron chi connectivity index (χ3n) is 2.36. The number of aryl methyl sites for hydroxylation is 1. The van der Waals surface area contributed by atoms with E-state index in [4.69, 9.17) is 0 Å². The molecule has 3 nitrogen and oxygen atoms in total. The number of carbonyl (C=O) groups excluding carboxylic acids is 1. The van der Waals surface area contributed by atoms with Crippen LogP contribution in [0.4, 0.5) is 0 Å². The smallest absolute Gasteiger partial charge is 0.168 e. The summed E-state index contributed by atoms with van der Waals surface area (Å²) in [5, 5.41) is 0. The predicted octanol–water partition coefficient (Wildman–Crippen LogP) is 2.40. The maximum Gasteiger partial charge on any atom is 0.168 e. The van der Waals surface area contributed by atoms with Gasteiger partial charge in [-0.3, -0.25) is 4.79 Å². The van der Waals surface area contributed by atoms with Gasteiger partial charge in [-0.1, -0.05) is 36.4 Å². The van der Waals surface area contributed by atoms with E-state index in [9.17, 15) is 4.79 Å². The Hall–Kier alpha value is -2.16. The van der Waals surface area contributed by atoms with Crippen molar-refractivity contribution in [2.24, 2.45) is 7.05 Å². The van der Waals surface area contributed by atoms with Crippen LogP contribution in [0.25, 0.3) is 12.2 Å². The van der Waals surface area contributed by atoms with Gasteiger partial charge in [-0.15, -0.1) is 0 Å². The highest BCUT2D eigenvalue weighted by Gasteiger charge is 2.03. The Labute approximate surface area is 94.1 Å². The molecule has 1 heterocycles. The summed E-state index contributed by atoms with van der Waals surface area (Å²) in [6.45, 7) is 0. The van der Waals surface area contributed by atoms with Crippen molar-refractivity contribution in [1.82, 2.24) is 9.55 Å². The number of aromatic nitrogens is 2. The van der Waals surface area contributed by atoms with Crippen molar-refractivity contribution in [2.75, 3.05) is 0 Å². The molecule has 1 aromatic heterocycles. The fourth-order valence-corrected chi connectivity index (χ4v) is 1.47. The molecule has 0 aliphatic rings. The van der Waals surface area contributed by atoms with Gasteiger partial charge in [0, 0.05) is 7.05 Å². The minimum absolute atomic E-state index is 0.590. The second kappa shape index (κ2) is 4.57. The summed E-state index contributed by atoms with van der Waals surface area (Å²) in [5.74, 6) is 0. The molecule has 3 heteroatoms. The zero-order valence-corrected chi connectivity index (χ0v) is 9.00. The number of hydrogen-bond donors (Lipinski definition) is 0. The Balaban J connectivity index is 2.27. The van der Waals surface area contributed by atoms with Crippen LogP contribution in [0.5, 0.6) is 0 Å². The van der Waals surface area contributed by atoms with Gasteiger partial charge in [-0.2, -0.15) is 0 Å². The van der Waals surface area contributed by atoms with E-state index >= 15 is 0 Å². The third kappa shape index (κ3) is 2.08. The van der Waals surface area contributed by atoms with Crippen LogP contribution in [0, 0.1) is 0 Å². The summed E-state index contributed by atoms with van der Waals surface area (Å²) >= 11 is 0. The molecule has 0 N–H and O–H groups in total. The van der Waals surface area contributed by atoms with Crippen molar-refractivity contribution in [3.63, 3.8) is 0 Å². The third-order valence-corrected chi connectivity index (χ3v) is 2.36. The molecule has 0 unspecified atom stereocenters. The molecule has 1 aromatic carbocycles. The Morgan fingerprint density at radius 2 is 1.94 bits per heavy atom. The van der Waals surface area contributed by atoms with Crippen LogP contribution in [-0.4, -0.2) is 15.8 Å². The van der Waals surface area contributed by atoms with Gasteiger partial charge in [0.05, 0.1) is 12.0 Å². The SMILES string of the molecule is Cn1cnc(/C=C/c2ccccc2)c1C=O. The van der Waals surface area contributed by atoms with Crippen molar-refractivity contribution in [3.8, 4) is 0 Å². The van der Waals surface area contributed by atoms with E-state index in [0.717, 1.165) is 11.8 Å². The molecule has 0 atom stereocenters. The van der Waals surface area contributed by atoms with Crippen LogP contribution in [0.1, 0.15) is 21.7 Å². The van der Waals surface area contributed by atoms with Gasteiger partial charge in [0.2, 0.25) is 0 Å². The molecule has 0 amide bonds. The number of nitrogens with zero attached hydrogens (tertiary/aromatic N) is 2. The molecule has 0 saturated carbocycles. The van der Waals surface area contributed by atoms with E-state index in [1.165, 1.54) is 0 Å². The maximum absolute atomic E-state index is 10.8. The summed E-state index contributed by atoms with van der Waals surface area (Å²) in [6.07, 6.45) is 6.24. The summed E-state index contributed by atoms with van der Waals surface area (Å²) in [5.41, 5.74) is 2.37. The van der Waals surface area contributed by atoms with E-state index in [2.05, 4.69) is 4.98 Å². The highest BCUT2D eigenvalue weighted by Crippen LogP contribution is 2.09. The number of imidazole rings is 1. The molecule has 0 bridgehead atoms. The van der Waals surface area contributed by atoms with Crippen molar-refractivity contribution in [2.45, 2.75) is 0 Å². The molecule has 2 rings (SSSR count).